The standard InChI is InChI=1S/C46H38N4/c1-45(2,3)31-17-20-41-38(25-31)37-24-30(16-19-40(37)49(41)34-12-9-8-10-13-34)36-14-11-15-43-44(36)39-26-32(46(4,5)6)18-21-42(39)50(43)35-23-29(28-47)22-33(27-35)48-7/h8-27H,1-6H3. The van der Waals surface area contributed by atoms with Crippen LogP contribution in [0.3, 0.4) is 0 Å². The topological polar surface area (TPSA) is 38.0 Å². The summed E-state index contributed by atoms with van der Waals surface area (Å²) < 4.78 is 4.59. The molecule has 0 saturated heterocycles. The van der Waals surface area contributed by atoms with E-state index in [0.717, 1.165) is 44.3 Å². The number of aromatic nitrogens is 2. The zero-order valence-corrected chi connectivity index (χ0v) is 29.3. The van der Waals surface area contributed by atoms with E-state index < -0.39 is 0 Å². The molecule has 6 aromatic carbocycles. The molecule has 0 aliphatic rings. The second kappa shape index (κ2) is 11.2. The van der Waals surface area contributed by atoms with Crippen molar-refractivity contribution in [2.75, 3.05) is 0 Å². The Bertz CT molecular complexity index is 2700. The van der Waals surface area contributed by atoms with Gasteiger partial charge in [-0.1, -0.05) is 90.1 Å². The summed E-state index contributed by atoms with van der Waals surface area (Å²) in [5.41, 5.74) is 12.1. The lowest BCUT2D eigenvalue weighted by atomic mass is 9.86. The number of para-hydroxylation sites is 1. The van der Waals surface area contributed by atoms with Crippen LogP contribution in [0.2, 0.25) is 0 Å². The zero-order valence-electron chi connectivity index (χ0n) is 29.3. The summed E-state index contributed by atoms with van der Waals surface area (Å²) in [4.78, 5) is 3.70. The fraction of sp³-hybridized carbons (Fsp3) is 0.174. The Balaban J connectivity index is 1.46. The molecule has 50 heavy (non-hydrogen) atoms. The van der Waals surface area contributed by atoms with Gasteiger partial charge in [-0.15, -0.1) is 0 Å². The van der Waals surface area contributed by atoms with Gasteiger partial charge in [-0.2, -0.15) is 5.26 Å². The first-order valence-corrected chi connectivity index (χ1v) is 17.1. The van der Waals surface area contributed by atoms with Crippen LogP contribution in [-0.4, -0.2) is 9.13 Å². The quantitative estimate of drug-likeness (QED) is 0.176. The predicted octanol–water partition coefficient (Wildman–Crippen LogP) is 12.6. The molecule has 2 heterocycles. The maximum Gasteiger partial charge on any atom is 0.190 e. The number of hydrogen-bond acceptors (Lipinski definition) is 1. The zero-order chi connectivity index (χ0) is 34.9. The van der Waals surface area contributed by atoms with Crippen molar-refractivity contribution in [3.8, 4) is 28.6 Å². The number of nitrogens with zero attached hydrogens (tertiary/aromatic N) is 4. The number of hydrogen-bond donors (Lipinski definition) is 0. The Labute approximate surface area is 293 Å². The van der Waals surface area contributed by atoms with Gasteiger partial charge >= 0.3 is 0 Å². The SMILES string of the molecule is [C-]#[N+]c1cc(C#N)cc(-n2c3ccc(C(C)(C)C)cc3c3c(-c4ccc5c(c4)c4cc(C(C)(C)C)ccc4n5-c4ccccc4)cccc32)c1. The van der Waals surface area contributed by atoms with Crippen LogP contribution in [-0.2, 0) is 10.8 Å². The molecule has 8 aromatic rings. The Morgan fingerprint density at radius 2 is 1.16 bits per heavy atom. The Hall–Kier alpha value is -6.10. The van der Waals surface area contributed by atoms with Gasteiger partial charge in [0, 0.05) is 38.5 Å². The molecule has 0 fully saturated rings. The second-order valence-electron chi connectivity index (χ2n) is 15.4. The van der Waals surface area contributed by atoms with Crippen LogP contribution in [0.1, 0.15) is 58.2 Å². The molecule has 8 rings (SSSR count). The Kier molecular flexibility index (Phi) is 7.00. The summed E-state index contributed by atoms with van der Waals surface area (Å²) in [5.74, 6) is 0. The van der Waals surface area contributed by atoms with Crippen LogP contribution < -0.4 is 0 Å². The monoisotopic (exact) mass is 646 g/mol. The summed E-state index contributed by atoms with van der Waals surface area (Å²) >= 11 is 0. The Morgan fingerprint density at radius 1 is 0.560 bits per heavy atom. The van der Waals surface area contributed by atoms with Crippen molar-refractivity contribution in [2.24, 2.45) is 0 Å². The molecule has 242 valence electrons. The molecule has 0 bridgehead atoms. The van der Waals surface area contributed by atoms with Crippen molar-refractivity contribution in [3.63, 3.8) is 0 Å². The van der Waals surface area contributed by atoms with Gasteiger partial charge in [-0.25, -0.2) is 4.85 Å². The van der Waals surface area contributed by atoms with Gasteiger partial charge in [0.1, 0.15) is 0 Å². The van der Waals surface area contributed by atoms with Gasteiger partial charge in [0.15, 0.2) is 5.69 Å². The molecule has 0 N–H and O–H groups in total. The van der Waals surface area contributed by atoms with Gasteiger partial charge in [0.05, 0.1) is 34.7 Å². The molecule has 0 amide bonds. The van der Waals surface area contributed by atoms with E-state index in [1.165, 1.54) is 32.9 Å². The molecule has 0 radical (unpaired) electrons. The number of fused-ring (bicyclic) bond motifs is 6. The third-order valence-electron chi connectivity index (χ3n) is 10.0. The van der Waals surface area contributed by atoms with Gasteiger partial charge in [0.2, 0.25) is 0 Å². The van der Waals surface area contributed by atoms with Gasteiger partial charge in [-0.05, 0) is 106 Å². The summed E-state index contributed by atoms with van der Waals surface area (Å²) in [6, 6.07) is 45.3. The van der Waals surface area contributed by atoms with Crippen LogP contribution >= 0.6 is 0 Å². The van der Waals surface area contributed by atoms with Gasteiger partial charge < -0.3 is 9.13 Å². The molecule has 0 aliphatic heterocycles. The lowest BCUT2D eigenvalue weighted by Crippen LogP contribution is -2.10. The van der Waals surface area contributed by atoms with Crippen molar-refractivity contribution in [2.45, 2.75) is 52.4 Å². The summed E-state index contributed by atoms with van der Waals surface area (Å²) in [5, 5.41) is 14.6. The fourth-order valence-electron chi connectivity index (χ4n) is 7.42. The molecule has 0 unspecified atom stereocenters. The normalized spacial score (nSPS) is 12.2. The third kappa shape index (κ3) is 4.96. The van der Waals surface area contributed by atoms with E-state index in [0.29, 0.717) is 11.3 Å². The fourth-order valence-corrected chi connectivity index (χ4v) is 7.42. The van der Waals surface area contributed by atoms with E-state index in [-0.39, 0.29) is 10.8 Å². The van der Waals surface area contributed by atoms with Crippen LogP contribution in [0.15, 0.2) is 121 Å². The first kappa shape index (κ1) is 31.2. The first-order chi connectivity index (χ1) is 24.0. The van der Waals surface area contributed by atoms with Crippen LogP contribution in [0.4, 0.5) is 5.69 Å². The van der Waals surface area contributed by atoms with Crippen molar-refractivity contribution in [1.82, 2.24) is 9.13 Å². The van der Waals surface area contributed by atoms with E-state index in [1.807, 2.05) is 12.1 Å². The number of nitriles is 1. The van der Waals surface area contributed by atoms with E-state index in [4.69, 9.17) is 6.57 Å². The molecule has 4 nitrogen and oxygen atoms in total. The maximum absolute atomic E-state index is 9.86. The van der Waals surface area contributed by atoms with E-state index in [9.17, 15) is 5.26 Å². The van der Waals surface area contributed by atoms with Crippen molar-refractivity contribution in [1.29, 1.82) is 5.26 Å². The molecule has 0 aliphatic carbocycles. The summed E-state index contributed by atoms with van der Waals surface area (Å²) in [6.07, 6.45) is 0. The van der Waals surface area contributed by atoms with Crippen LogP contribution in [0, 0.1) is 17.9 Å². The largest absolute Gasteiger partial charge is 0.310 e. The summed E-state index contributed by atoms with van der Waals surface area (Å²) in [7, 11) is 0. The van der Waals surface area contributed by atoms with E-state index >= 15 is 0 Å². The van der Waals surface area contributed by atoms with Gasteiger partial charge in [0.25, 0.3) is 0 Å². The predicted molar refractivity (Wildman–Crippen MR) is 209 cm³/mol. The number of rotatable bonds is 3. The third-order valence-corrected chi connectivity index (χ3v) is 10.0. The molecule has 2 aromatic heterocycles. The molecule has 4 heteroatoms. The summed E-state index contributed by atoms with van der Waals surface area (Å²) in [6.45, 7) is 21.3. The second-order valence-corrected chi connectivity index (χ2v) is 15.4. The smallest absolute Gasteiger partial charge is 0.190 e. The van der Waals surface area contributed by atoms with Crippen molar-refractivity contribution < 1.29 is 0 Å². The highest BCUT2D eigenvalue weighted by Crippen LogP contribution is 2.43. The lowest BCUT2D eigenvalue weighted by molar-refractivity contribution is 0.591. The lowest BCUT2D eigenvalue weighted by Gasteiger charge is -2.19. The minimum atomic E-state index is -0.0432. The average molecular weight is 647 g/mol. The Morgan fingerprint density at radius 3 is 1.80 bits per heavy atom. The average Bonchev–Trinajstić information content (AvgIpc) is 3.63. The molecule has 0 saturated carbocycles. The first-order valence-electron chi connectivity index (χ1n) is 17.1. The highest BCUT2D eigenvalue weighted by atomic mass is 15.0. The van der Waals surface area contributed by atoms with Gasteiger partial charge in [-0.3, -0.25) is 0 Å². The highest BCUT2D eigenvalue weighted by Gasteiger charge is 2.22. The minimum absolute atomic E-state index is 0.0150. The van der Waals surface area contributed by atoms with E-state index in [1.54, 1.807) is 6.07 Å². The van der Waals surface area contributed by atoms with Crippen molar-refractivity contribution >= 4 is 49.3 Å². The van der Waals surface area contributed by atoms with Crippen LogP contribution in [0.5, 0.6) is 0 Å². The highest BCUT2D eigenvalue weighted by molar-refractivity contribution is 6.17. The van der Waals surface area contributed by atoms with E-state index in [2.05, 4.69) is 165 Å². The van der Waals surface area contributed by atoms with Crippen molar-refractivity contribution in [3.05, 3.63) is 149 Å². The molecule has 0 spiro atoms. The minimum Gasteiger partial charge on any atom is -0.310 e. The maximum atomic E-state index is 9.86. The molecular weight excluding hydrogens is 609 g/mol. The molecular formula is C46H38N4. The van der Waals surface area contributed by atoms with Crippen LogP contribution in [0.25, 0.3) is 71.0 Å². The molecule has 0 atom stereocenters. The number of benzene rings is 6.